The van der Waals surface area contributed by atoms with Crippen LogP contribution in [0.1, 0.15) is 46.0 Å². The minimum Gasteiger partial charge on any atom is -0.374 e. The summed E-state index contributed by atoms with van der Waals surface area (Å²) in [6.07, 6.45) is 6.24. The minimum atomic E-state index is 0.101. The zero-order chi connectivity index (χ0) is 9.73. The fraction of sp³-hybridized carbons (Fsp3) is 1.00. The van der Waals surface area contributed by atoms with E-state index >= 15 is 0 Å². The Labute approximate surface area is 82.0 Å². The first-order valence-electron chi connectivity index (χ1n) is 5.54. The van der Waals surface area contributed by atoms with Gasteiger partial charge in [-0.1, -0.05) is 19.8 Å². The smallest absolute Gasteiger partial charge is 0.0807 e. The van der Waals surface area contributed by atoms with E-state index in [-0.39, 0.29) is 5.60 Å². The highest BCUT2D eigenvalue weighted by Gasteiger charge is 2.36. The molecule has 0 aromatic heterocycles. The largest absolute Gasteiger partial charge is 0.374 e. The van der Waals surface area contributed by atoms with Crippen LogP contribution in [-0.4, -0.2) is 25.3 Å². The number of nitrogens with one attached hydrogen (secondary N) is 1. The van der Waals surface area contributed by atoms with Crippen LogP contribution in [0.2, 0.25) is 0 Å². The molecule has 13 heavy (non-hydrogen) atoms. The van der Waals surface area contributed by atoms with Crippen LogP contribution < -0.4 is 5.32 Å². The van der Waals surface area contributed by atoms with Gasteiger partial charge in [-0.15, -0.1) is 0 Å². The lowest BCUT2D eigenvalue weighted by atomic mass is 9.89. The van der Waals surface area contributed by atoms with Crippen LogP contribution in [0.5, 0.6) is 0 Å². The molecule has 0 bridgehead atoms. The quantitative estimate of drug-likeness (QED) is 0.710. The lowest BCUT2D eigenvalue weighted by Crippen LogP contribution is -2.46. The van der Waals surface area contributed by atoms with Crippen LogP contribution in [0, 0.1) is 0 Å². The number of ether oxygens (including phenoxy) is 1. The van der Waals surface area contributed by atoms with Crippen LogP contribution in [0.4, 0.5) is 0 Å². The molecule has 0 spiro atoms. The summed E-state index contributed by atoms with van der Waals surface area (Å²) in [5.74, 6) is 0. The Bertz CT molecular complexity index is 141. The number of rotatable bonds is 5. The second-order valence-electron chi connectivity index (χ2n) is 4.25. The molecule has 0 aliphatic carbocycles. The number of unbranched alkanes of at least 4 members (excludes halogenated alkanes) is 1. The van der Waals surface area contributed by atoms with Gasteiger partial charge in [-0.2, -0.15) is 0 Å². The third-order valence-electron chi connectivity index (χ3n) is 3.18. The van der Waals surface area contributed by atoms with E-state index < -0.39 is 0 Å². The average molecular weight is 185 g/mol. The van der Waals surface area contributed by atoms with Gasteiger partial charge in [0.2, 0.25) is 0 Å². The molecule has 2 nitrogen and oxygen atoms in total. The number of likely N-dealkylation sites (N-methyl/N-ethyl adjacent to an activating group) is 1. The lowest BCUT2D eigenvalue weighted by Gasteiger charge is -2.33. The van der Waals surface area contributed by atoms with Crippen LogP contribution in [0.25, 0.3) is 0 Å². The molecule has 1 N–H and O–H groups in total. The fourth-order valence-electron chi connectivity index (χ4n) is 2.24. The summed E-state index contributed by atoms with van der Waals surface area (Å²) >= 11 is 0. The summed E-state index contributed by atoms with van der Waals surface area (Å²) in [6.45, 7) is 5.43. The molecule has 0 aromatic rings. The zero-order valence-corrected chi connectivity index (χ0v) is 9.23. The van der Waals surface area contributed by atoms with Crippen molar-refractivity contribution in [2.24, 2.45) is 0 Å². The Morgan fingerprint density at radius 3 is 2.77 bits per heavy atom. The van der Waals surface area contributed by atoms with E-state index in [1.165, 1.54) is 32.1 Å². The molecule has 2 atom stereocenters. The van der Waals surface area contributed by atoms with Crippen molar-refractivity contribution in [1.29, 1.82) is 0 Å². The maximum atomic E-state index is 5.83. The first kappa shape index (κ1) is 11.0. The van der Waals surface area contributed by atoms with Crippen molar-refractivity contribution in [3.63, 3.8) is 0 Å². The van der Waals surface area contributed by atoms with Gasteiger partial charge in [0.15, 0.2) is 0 Å². The number of hydrogen-bond acceptors (Lipinski definition) is 2. The minimum absolute atomic E-state index is 0.101. The Morgan fingerprint density at radius 1 is 1.54 bits per heavy atom. The highest BCUT2D eigenvalue weighted by Crippen LogP contribution is 2.30. The fourth-order valence-corrected chi connectivity index (χ4v) is 2.24. The van der Waals surface area contributed by atoms with Gasteiger partial charge < -0.3 is 10.1 Å². The van der Waals surface area contributed by atoms with E-state index in [9.17, 15) is 0 Å². The van der Waals surface area contributed by atoms with Crippen LogP contribution in [-0.2, 0) is 4.74 Å². The van der Waals surface area contributed by atoms with E-state index in [2.05, 4.69) is 19.2 Å². The normalized spacial score (nSPS) is 30.7. The van der Waals surface area contributed by atoms with Crippen molar-refractivity contribution in [1.82, 2.24) is 5.32 Å². The predicted octanol–water partition coefficient (Wildman–Crippen LogP) is 2.33. The van der Waals surface area contributed by atoms with Gasteiger partial charge in [0.05, 0.1) is 5.60 Å². The molecule has 1 rings (SSSR count). The van der Waals surface area contributed by atoms with Crippen molar-refractivity contribution >= 4 is 0 Å². The molecule has 2 unspecified atom stereocenters. The van der Waals surface area contributed by atoms with E-state index in [0.29, 0.717) is 6.04 Å². The molecular weight excluding hydrogens is 162 g/mol. The third kappa shape index (κ3) is 2.68. The van der Waals surface area contributed by atoms with Crippen molar-refractivity contribution < 1.29 is 4.74 Å². The Balaban J connectivity index is 2.43. The second kappa shape index (κ2) is 4.97. The molecule has 2 heteroatoms. The molecule has 78 valence electrons. The van der Waals surface area contributed by atoms with Gasteiger partial charge in [-0.25, -0.2) is 0 Å². The first-order chi connectivity index (χ1) is 6.23. The van der Waals surface area contributed by atoms with Gasteiger partial charge in [0, 0.05) is 12.6 Å². The van der Waals surface area contributed by atoms with E-state index in [0.717, 1.165) is 6.61 Å². The van der Waals surface area contributed by atoms with Crippen molar-refractivity contribution in [3.8, 4) is 0 Å². The Kier molecular flexibility index (Phi) is 4.20. The molecular formula is C11H23NO. The average Bonchev–Trinajstić information content (AvgIpc) is 2.54. The highest BCUT2D eigenvalue weighted by atomic mass is 16.5. The van der Waals surface area contributed by atoms with Crippen molar-refractivity contribution in [2.45, 2.75) is 57.6 Å². The second-order valence-corrected chi connectivity index (χ2v) is 4.25. The molecule has 0 amide bonds. The summed E-state index contributed by atoms with van der Waals surface area (Å²) in [7, 11) is 2.05. The van der Waals surface area contributed by atoms with E-state index in [4.69, 9.17) is 4.74 Å². The summed E-state index contributed by atoms with van der Waals surface area (Å²) in [5, 5.41) is 3.39. The lowest BCUT2D eigenvalue weighted by molar-refractivity contribution is -0.0123. The molecule has 0 aromatic carbocycles. The Hall–Kier alpha value is -0.0800. The van der Waals surface area contributed by atoms with E-state index in [1.807, 2.05) is 7.05 Å². The zero-order valence-electron chi connectivity index (χ0n) is 9.23. The van der Waals surface area contributed by atoms with Crippen LogP contribution in [0.15, 0.2) is 0 Å². The maximum absolute atomic E-state index is 5.83. The SMILES string of the molecule is CCCCC(NC)C1(C)CCCO1. The summed E-state index contributed by atoms with van der Waals surface area (Å²) in [5.41, 5.74) is 0.101. The molecule has 1 aliphatic heterocycles. The van der Waals surface area contributed by atoms with Crippen LogP contribution >= 0.6 is 0 Å². The number of hydrogen-bond donors (Lipinski definition) is 1. The summed E-state index contributed by atoms with van der Waals surface area (Å²) in [6, 6.07) is 0.537. The molecule has 1 heterocycles. The maximum Gasteiger partial charge on any atom is 0.0807 e. The van der Waals surface area contributed by atoms with Crippen molar-refractivity contribution in [3.05, 3.63) is 0 Å². The standard InChI is InChI=1S/C11H23NO/c1-4-5-7-10(12-3)11(2)8-6-9-13-11/h10,12H,4-9H2,1-3H3. The third-order valence-corrected chi connectivity index (χ3v) is 3.18. The predicted molar refractivity (Wildman–Crippen MR) is 56.0 cm³/mol. The summed E-state index contributed by atoms with van der Waals surface area (Å²) in [4.78, 5) is 0. The van der Waals surface area contributed by atoms with Gasteiger partial charge >= 0.3 is 0 Å². The molecule has 1 saturated heterocycles. The molecule has 0 saturated carbocycles. The Morgan fingerprint density at radius 2 is 2.31 bits per heavy atom. The van der Waals surface area contributed by atoms with Crippen LogP contribution in [0.3, 0.4) is 0 Å². The van der Waals surface area contributed by atoms with Gasteiger partial charge in [0.25, 0.3) is 0 Å². The first-order valence-corrected chi connectivity index (χ1v) is 5.54. The van der Waals surface area contributed by atoms with E-state index in [1.54, 1.807) is 0 Å². The topological polar surface area (TPSA) is 21.3 Å². The van der Waals surface area contributed by atoms with Gasteiger partial charge in [-0.3, -0.25) is 0 Å². The molecule has 0 radical (unpaired) electrons. The monoisotopic (exact) mass is 185 g/mol. The highest BCUT2D eigenvalue weighted by molar-refractivity contribution is 4.91. The van der Waals surface area contributed by atoms with Gasteiger partial charge in [-0.05, 0) is 33.2 Å². The molecule has 1 aliphatic rings. The van der Waals surface area contributed by atoms with Gasteiger partial charge in [0.1, 0.15) is 0 Å². The molecule has 1 fully saturated rings. The summed E-state index contributed by atoms with van der Waals surface area (Å²) < 4.78 is 5.83. The van der Waals surface area contributed by atoms with Crippen molar-refractivity contribution in [2.75, 3.05) is 13.7 Å².